The average molecular weight is 115 g/mol. The molecule has 0 aromatic rings. The SMILES string of the molecule is N=C(F)C(F)(F)F. The van der Waals surface area contributed by atoms with Gasteiger partial charge < -0.3 is 0 Å². The standard InChI is InChI=1S/C2HF4N/c3-1(7)2(4,5)6/h7H. The summed E-state index contributed by atoms with van der Waals surface area (Å²) in [6.45, 7) is 0. The Morgan fingerprint density at radius 3 is 1.43 bits per heavy atom. The second-order valence-electron chi connectivity index (χ2n) is 0.812. The highest BCUT2D eigenvalue weighted by atomic mass is 19.4. The Kier molecular flexibility index (Phi) is 1.35. The first-order valence-corrected chi connectivity index (χ1v) is 1.26. The number of hydrogen-bond acceptors (Lipinski definition) is 1. The van der Waals surface area contributed by atoms with Gasteiger partial charge in [-0.15, -0.1) is 0 Å². The van der Waals surface area contributed by atoms with Crippen molar-refractivity contribution in [1.82, 2.24) is 0 Å². The summed E-state index contributed by atoms with van der Waals surface area (Å²) < 4.78 is 42.4. The van der Waals surface area contributed by atoms with E-state index >= 15 is 0 Å². The van der Waals surface area contributed by atoms with Gasteiger partial charge in [0.25, 0.3) is 5.97 Å². The maximum absolute atomic E-state index is 10.7. The van der Waals surface area contributed by atoms with Gasteiger partial charge in [0.15, 0.2) is 0 Å². The summed E-state index contributed by atoms with van der Waals surface area (Å²) in [7, 11) is 0. The minimum atomic E-state index is -5.08. The molecular weight excluding hydrogens is 114 g/mol. The molecular formula is C2HF4N. The minimum absolute atomic E-state index is 2.76. The van der Waals surface area contributed by atoms with Crippen molar-refractivity contribution in [2.24, 2.45) is 0 Å². The second-order valence-corrected chi connectivity index (χ2v) is 0.812. The van der Waals surface area contributed by atoms with Crippen molar-refractivity contribution in [3.63, 3.8) is 0 Å². The van der Waals surface area contributed by atoms with Gasteiger partial charge in [-0.05, 0) is 0 Å². The molecule has 0 aromatic carbocycles. The third-order valence-corrected chi connectivity index (χ3v) is 0.249. The van der Waals surface area contributed by atoms with E-state index in [-0.39, 0.29) is 0 Å². The molecule has 0 saturated heterocycles. The highest BCUT2D eigenvalue weighted by molar-refractivity contribution is 5.77. The van der Waals surface area contributed by atoms with Crippen LogP contribution in [0.5, 0.6) is 0 Å². The Balaban J connectivity index is 3.79. The van der Waals surface area contributed by atoms with Crippen LogP contribution in [0.2, 0.25) is 0 Å². The van der Waals surface area contributed by atoms with Crippen molar-refractivity contribution in [2.75, 3.05) is 0 Å². The Hall–Kier alpha value is -0.610. The monoisotopic (exact) mass is 115 g/mol. The van der Waals surface area contributed by atoms with E-state index in [1.54, 1.807) is 0 Å². The molecule has 5 heteroatoms. The largest absolute Gasteiger partial charge is 0.461 e. The molecule has 1 nitrogen and oxygen atoms in total. The van der Waals surface area contributed by atoms with E-state index < -0.39 is 12.1 Å². The first-order valence-electron chi connectivity index (χ1n) is 1.26. The van der Waals surface area contributed by atoms with Crippen LogP contribution in [0.4, 0.5) is 17.6 Å². The van der Waals surface area contributed by atoms with Gasteiger partial charge in [-0.2, -0.15) is 17.6 Å². The van der Waals surface area contributed by atoms with Gasteiger partial charge >= 0.3 is 6.18 Å². The molecule has 0 radical (unpaired) electrons. The van der Waals surface area contributed by atoms with Crippen LogP contribution in [0.15, 0.2) is 0 Å². The van der Waals surface area contributed by atoms with Crippen LogP contribution in [0.1, 0.15) is 0 Å². The maximum Gasteiger partial charge on any atom is 0.461 e. The molecule has 0 aliphatic rings. The maximum atomic E-state index is 10.7. The summed E-state index contributed by atoms with van der Waals surface area (Å²) in [5.41, 5.74) is 0. The Bertz CT molecular complexity index is 82.2. The molecule has 1 N–H and O–H groups in total. The lowest BCUT2D eigenvalue weighted by atomic mass is 10.7. The fourth-order valence-corrected chi connectivity index (χ4v) is 0. The van der Waals surface area contributed by atoms with Gasteiger partial charge in [-0.1, -0.05) is 0 Å². The van der Waals surface area contributed by atoms with Crippen LogP contribution in [0.3, 0.4) is 0 Å². The summed E-state index contributed by atoms with van der Waals surface area (Å²) in [4.78, 5) is 0. The fraction of sp³-hybridized carbons (Fsp3) is 0.500. The van der Waals surface area contributed by atoms with Gasteiger partial charge in [0, 0.05) is 0 Å². The van der Waals surface area contributed by atoms with Crippen LogP contribution in [0, 0.1) is 5.41 Å². The number of rotatable bonds is 0. The number of halogens is 4. The topological polar surface area (TPSA) is 23.9 Å². The predicted octanol–water partition coefficient (Wildman–Crippen LogP) is 1.50. The number of hydrogen-bond donors (Lipinski definition) is 1. The molecule has 42 valence electrons. The van der Waals surface area contributed by atoms with E-state index in [4.69, 9.17) is 5.41 Å². The Labute approximate surface area is 36.5 Å². The highest BCUT2D eigenvalue weighted by Crippen LogP contribution is 2.15. The van der Waals surface area contributed by atoms with Gasteiger partial charge in [0.05, 0.1) is 0 Å². The molecule has 0 spiro atoms. The summed E-state index contributed by atoms with van der Waals surface area (Å²) in [5, 5.41) is 5.35. The van der Waals surface area contributed by atoms with Crippen LogP contribution < -0.4 is 0 Å². The number of nitrogens with one attached hydrogen (secondary N) is 1. The van der Waals surface area contributed by atoms with E-state index in [1.165, 1.54) is 0 Å². The van der Waals surface area contributed by atoms with Crippen molar-refractivity contribution in [3.8, 4) is 0 Å². The predicted molar refractivity (Wildman–Crippen MR) is 14.9 cm³/mol. The van der Waals surface area contributed by atoms with Crippen LogP contribution in [0.25, 0.3) is 0 Å². The van der Waals surface area contributed by atoms with Crippen molar-refractivity contribution < 1.29 is 17.6 Å². The first kappa shape index (κ1) is 6.39. The van der Waals surface area contributed by atoms with Crippen molar-refractivity contribution >= 4 is 5.97 Å². The lowest BCUT2D eigenvalue weighted by Gasteiger charge is -1.95. The zero-order valence-electron chi connectivity index (χ0n) is 3.01. The molecule has 0 atom stereocenters. The molecule has 0 unspecified atom stereocenters. The van der Waals surface area contributed by atoms with E-state index in [1.807, 2.05) is 0 Å². The Morgan fingerprint density at radius 2 is 1.43 bits per heavy atom. The van der Waals surface area contributed by atoms with Gasteiger partial charge in [0.1, 0.15) is 0 Å². The molecule has 0 fully saturated rings. The molecule has 0 saturated carbocycles. The van der Waals surface area contributed by atoms with Crippen molar-refractivity contribution in [1.29, 1.82) is 5.41 Å². The lowest BCUT2D eigenvalue weighted by Crippen LogP contribution is -2.16. The van der Waals surface area contributed by atoms with Crippen molar-refractivity contribution in [3.05, 3.63) is 0 Å². The molecule has 0 aliphatic heterocycles. The highest BCUT2D eigenvalue weighted by Gasteiger charge is 2.34. The molecule has 0 amide bonds. The quantitative estimate of drug-likeness (QED) is 0.365. The molecule has 7 heavy (non-hydrogen) atoms. The molecule has 0 rings (SSSR count). The van der Waals surface area contributed by atoms with Crippen LogP contribution in [-0.2, 0) is 0 Å². The Morgan fingerprint density at radius 1 is 1.29 bits per heavy atom. The summed E-state index contributed by atoms with van der Waals surface area (Å²) >= 11 is 0. The smallest absolute Gasteiger partial charge is 0.270 e. The number of alkyl halides is 3. The average Bonchev–Trinajstić information content (AvgIpc) is 1.31. The molecule has 0 aliphatic carbocycles. The second kappa shape index (κ2) is 1.48. The molecule has 0 aromatic heterocycles. The summed E-state index contributed by atoms with van der Waals surface area (Å²) in [6, 6.07) is 0. The normalized spacial score (nSPS) is 11.4. The zero-order chi connectivity index (χ0) is 6.08. The first-order chi connectivity index (χ1) is 2.94. The van der Waals surface area contributed by atoms with Gasteiger partial charge in [-0.3, -0.25) is 5.41 Å². The van der Waals surface area contributed by atoms with Crippen LogP contribution in [-0.4, -0.2) is 12.1 Å². The molecule has 0 bridgehead atoms. The van der Waals surface area contributed by atoms with E-state index in [0.29, 0.717) is 0 Å². The summed E-state index contributed by atoms with van der Waals surface area (Å²) in [6.07, 6.45) is -5.08. The van der Waals surface area contributed by atoms with Gasteiger partial charge in [0.2, 0.25) is 0 Å². The summed E-state index contributed by atoms with van der Waals surface area (Å²) in [5.74, 6) is -2.76. The van der Waals surface area contributed by atoms with Crippen LogP contribution >= 0.6 is 0 Å². The van der Waals surface area contributed by atoms with E-state index in [2.05, 4.69) is 0 Å². The van der Waals surface area contributed by atoms with Gasteiger partial charge in [-0.25, -0.2) is 0 Å². The third kappa shape index (κ3) is 2.13. The van der Waals surface area contributed by atoms with Crippen molar-refractivity contribution in [2.45, 2.75) is 6.18 Å². The van der Waals surface area contributed by atoms with E-state index in [9.17, 15) is 17.6 Å². The zero-order valence-corrected chi connectivity index (χ0v) is 3.01. The minimum Gasteiger partial charge on any atom is -0.270 e. The lowest BCUT2D eigenvalue weighted by molar-refractivity contribution is -0.0681. The fourth-order valence-electron chi connectivity index (χ4n) is 0. The van der Waals surface area contributed by atoms with E-state index in [0.717, 1.165) is 0 Å². The molecule has 0 heterocycles. The third-order valence-electron chi connectivity index (χ3n) is 0.249.